The van der Waals surface area contributed by atoms with Gasteiger partial charge in [-0.3, -0.25) is 0 Å². The van der Waals surface area contributed by atoms with Crippen LogP contribution < -0.4 is 0 Å². The predicted octanol–water partition coefficient (Wildman–Crippen LogP) is 5.36. The molecule has 0 saturated carbocycles. The maximum absolute atomic E-state index is 5.87. The SMILES string of the molecule is CCc1sc(-c2nnc(CSc3ncc(-c4ccccc4)n3C)o2)cc1C. The summed E-state index contributed by atoms with van der Waals surface area (Å²) in [5.74, 6) is 1.81. The number of thiophene rings is 1. The number of benzene rings is 1. The molecule has 27 heavy (non-hydrogen) atoms. The Balaban J connectivity index is 1.47. The normalized spacial score (nSPS) is 11.2. The van der Waals surface area contributed by atoms with E-state index in [1.54, 1.807) is 23.1 Å². The van der Waals surface area contributed by atoms with Crippen LogP contribution in [-0.2, 0) is 19.2 Å². The molecule has 5 nitrogen and oxygen atoms in total. The number of rotatable bonds is 6. The molecule has 0 aliphatic heterocycles. The molecule has 4 rings (SSSR count). The third kappa shape index (κ3) is 3.70. The quantitative estimate of drug-likeness (QED) is 0.411. The van der Waals surface area contributed by atoms with Crippen LogP contribution in [0.1, 0.15) is 23.3 Å². The Labute approximate surface area is 166 Å². The molecule has 0 aliphatic rings. The van der Waals surface area contributed by atoms with E-state index >= 15 is 0 Å². The molecule has 0 spiro atoms. The van der Waals surface area contributed by atoms with Crippen molar-refractivity contribution < 1.29 is 4.42 Å². The molecule has 0 N–H and O–H groups in total. The Morgan fingerprint density at radius 3 is 2.74 bits per heavy atom. The summed E-state index contributed by atoms with van der Waals surface area (Å²) in [5, 5.41) is 9.34. The smallest absolute Gasteiger partial charge is 0.257 e. The average molecular weight is 397 g/mol. The van der Waals surface area contributed by atoms with Crippen molar-refractivity contribution in [2.24, 2.45) is 7.05 Å². The maximum atomic E-state index is 5.87. The third-order valence-electron chi connectivity index (χ3n) is 4.36. The summed E-state index contributed by atoms with van der Waals surface area (Å²) in [6.45, 7) is 4.28. The fraction of sp³-hybridized carbons (Fsp3) is 0.250. The lowest BCUT2D eigenvalue weighted by atomic mass is 10.2. The first-order valence-corrected chi connectivity index (χ1v) is 10.6. The minimum absolute atomic E-state index is 0.594. The minimum Gasteiger partial charge on any atom is -0.419 e. The van der Waals surface area contributed by atoms with Crippen LogP contribution >= 0.6 is 23.1 Å². The molecule has 138 valence electrons. The van der Waals surface area contributed by atoms with Crippen LogP contribution in [0, 0.1) is 6.92 Å². The van der Waals surface area contributed by atoms with Gasteiger partial charge >= 0.3 is 0 Å². The number of aryl methyl sites for hydroxylation is 2. The van der Waals surface area contributed by atoms with Gasteiger partial charge in [-0.25, -0.2) is 4.98 Å². The molecule has 0 saturated heterocycles. The van der Waals surface area contributed by atoms with Gasteiger partial charge in [-0.15, -0.1) is 21.5 Å². The summed E-state index contributed by atoms with van der Waals surface area (Å²) < 4.78 is 7.96. The topological polar surface area (TPSA) is 56.7 Å². The van der Waals surface area contributed by atoms with Gasteiger partial charge in [-0.05, 0) is 30.5 Å². The van der Waals surface area contributed by atoms with Crippen LogP contribution in [0.25, 0.3) is 22.0 Å². The summed E-state index contributed by atoms with van der Waals surface area (Å²) in [6, 6.07) is 12.4. The molecule has 7 heteroatoms. The van der Waals surface area contributed by atoms with E-state index in [4.69, 9.17) is 4.42 Å². The van der Waals surface area contributed by atoms with Crippen LogP contribution in [0.15, 0.2) is 52.2 Å². The van der Waals surface area contributed by atoms with Gasteiger partial charge in [0.25, 0.3) is 5.89 Å². The summed E-state index contributed by atoms with van der Waals surface area (Å²) in [7, 11) is 2.03. The van der Waals surface area contributed by atoms with E-state index in [1.807, 2.05) is 31.4 Å². The van der Waals surface area contributed by atoms with Crippen molar-refractivity contribution in [1.29, 1.82) is 0 Å². The zero-order valence-electron chi connectivity index (χ0n) is 15.5. The molecule has 3 aromatic heterocycles. The van der Waals surface area contributed by atoms with E-state index in [2.05, 4.69) is 51.8 Å². The lowest BCUT2D eigenvalue weighted by molar-refractivity contribution is 0.529. The van der Waals surface area contributed by atoms with Gasteiger partial charge in [0.15, 0.2) is 5.16 Å². The monoisotopic (exact) mass is 396 g/mol. The van der Waals surface area contributed by atoms with Gasteiger partial charge in [0, 0.05) is 11.9 Å². The average Bonchev–Trinajstić information content (AvgIpc) is 3.39. The van der Waals surface area contributed by atoms with Gasteiger partial charge in [-0.2, -0.15) is 0 Å². The fourth-order valence-corrected chi connectivity index (χ4v) is 4.74. The number of thioether (sulfide) groups is 1. The molecule has 3 heterocycles. The van der Waals surface area contributed by atoms with Crippen molar-refractivity contribution >= 4 is 23.1 Å². The molecular weight excluding hydrogens is 376 g/mol. The van der Waals surface area contributed by atoms with Crippen molar-refractivity contribution in [3.05, 3.63) is 58.9 Å². The van der Waals surface area contributed by atoms with Gasteiger partial charge < -0.3 is 8.98 Å². The van der Waals surface area contributed by atoms with Gasteiger partial charge in [0.2, 0.25) is 5.89 Å². The Kier molecular flexibility index (Phi) is 5.13. The van der Waals surface area contributed by atoms with Gasteiger partial charge in [0.1, 0.15) is 0 Å². The molecule has 0 aliphatic carbocycles. The Morgan fingerprint density at radius 2 is 2.00 bits per heavy atom. The largest absolute Gasteiger partial charge is 0.419 e. The van der Waals surface area contributed by atoms with Gasteiger partial charge in [0.05, 0.1) is 22.5 Å². The van der Waals surface area contributed by atoms with E-state index in [0.29, 0.717) is 17.5 Å². The Morgan fingerprint density at radius 1 is 1.19 bits per heavy atom. The first-order valence-electron chi connectivity index (χ1n) is 8.77. The van der Waals surface area contributed by atoms with E-state index in [-0.39, 0.29) is 0 Å². The second-order valence-electron chi connectivity index (χ2n) is 6.21. The van der Waals surface area contributed by atoms with Crippen LogP contribution in [0.3, 0.4) is 0 Å². The highest BCUT2D eigenvalue weighted by atomic mass is 32.2. The summed E-state index contributed by atoms with van der Waals surface area (Å²) >= 11 is 3.32. The first-order chi connectivity index (χ1) is 13.2. The van der Waals surface area contributed by atoms with Crippen LogP contribution in [0.4, 0.5) is 0 Å². The second kappa shape index (κ2) is 7.70. The molecule has 1 aromatic carbocycles. The van der Waals surface area contributed by atoms with E-state index in [1.165, 1.54) is 10.4 Å². The van der Waals surface area contributed by atoms with Crippen molar-refractivity contribution in [3.63, 3.8) is 0 Å². The Bertz CT molecular complexity index is 1050. The molecule has 0 atom stereocenters. The highest BCUT2D eigenvalue weighted by Gasteiger charge is 2.15. The number of imidazole rings is 1. The van der Waals surface area contributed by atoms with Crippen molar-refractivity contribution in [2.75, 3.05) is 0 Å². The van der Waals surface area contributed by atoms with E-state index in [0.717, 1.165) is 27.7 Å². The van der Waals surface area contributed by atoms with Crippen LogP contribution in [0.2, 0.25) is 0 Å². The zero-order chi connectivity index (χ0) is 18.8. The zero-order valence-corrected chi connectivity index (χ0v) is 17.1. The van der Waals surface area contributed by atoms with E-state index < -0.39 is 0 Å². The summed E-state index contributed by atoms with van der Waals surface area (Å²) in [4.78, 5) is 6.94. The maximum Gasteiger partial charge on any atom is 0.257 e. The van der Waals surface area contributed by atoms with Crippen LogP contribution in [0.5, 0.6) is 0 Å². The summed E-state index contributed by atoms with van der Waals surface area (Å²) in [5.41, 5.74) is 3.53. The fourth-order valence-electron chi connectivity index (χ4n) is 2.92. The summed E-state index contributed by atoms with van der Waals surface area (Å²) in [6.07, 6.45) is 2.92. The molecule has 0 unspecified atom stereocenters. The van der Waals surface area contributed by atoms with Crippen molar-refractivity contribution in [2.45, 2.75) is 31.2 Å². The van der Waals surface area contributed by atoms with E-state index in [9.17, 15) is 0 Å². The molecule has 0 bridgehead atoms. The first kappa shape index (κ1) is 18.0. The number of nitrogens with zero attached hydrogens (tertiary/aromatic N) is 4. The number of hydrogen-bond acceptors (Lipinski definition) is 6. The third-order valence-corrected chi connectivity index (χ3v) is 6.76. The number of aromatic nitrogens is 4. The number of hydrogen-bond donors (Lipinski definition) is 0. The molecule has 0 fully saturated rings. The van der Waals surface area contributed by atoms with Gasteiger partial charge in [-0.1, -0.05) is 49.0 Å². The van der Waals surface area contributed by atoms with Crippen molar-refractivity contribution in [3.8, 4) is 22.0 Å². The molecule has 0 radical (unpaired) electrons. The molecular formula is C20H20N4OS2. The van der Waals surface area contributed by atoms with Crippen molar-refractivity contribution in [1.82, 2.24) is 19.7 Å². The van der Waals surface area contributed by atoms with Crippen LogP contribution in [-0.4, -0.2) is 19.7 Å². The molecule has 0 amide bonds. The highest BCUT2D eigenvalue weighted by molar-refractivity contribution is 7.98. The minimum atomic E-state index is 0.594. The standard InChI is InChI=1S/C20H20N4OS2/c1-4-16-13(2)10-17(27-16)19-23-22-18(25-19)12-26-20-21-11-15(24(20)3)14-8-6-5-7-9-14/h5-11H,4,12H2,1-3H3. The lowest BCUT2D eigenvalue weighted by Gasteiger charge is -2.04. The lowest BCUT2D eigenvalue weighted by Crippen LogP contribution is -1.94. The highest BCUT2D eigenvalue weighted by Crippen LogP contribution is 2.32. The molecule has 4 aromatic rings. The predicted molar refractivity (Wildman–Crippen MR) is 110 cm³/mol. The Hall–Kier alpha value is -2.38. The second-order valence-corrected chi connectivity index (χ2v) is 8.29.